The van der Waals surface area contributed by atoms with E-state index >= 15 is 0 Å². The van der Waals surface area contributed by atoms with Gasteiger partial charge in [-0.05, 0) is 18.4 Å². The Hall–Kier alpha value is -3.48. The zero-order valence-electron chi connectivity index (χ0n) is 14.7. The number of hydrogen-bond donors (Lipinski definition) is 1. The highest BCUT2D eigenvalue weighted by Crippen LogP contribution is 2.69. The molecular weight excluding hydrogens is 362 g/mol. The van der Waals surface area contributed by atoms with Crippen LogP contribution in [0.1, 0.15) is 37.4 Å². The number of ether oxygens (including phenoxy) is 2. The molecule has 1 aliphatic carbocycles. The first-order valence-electron chi connectivity index (χ1n) is 8.85. The van der Waals surface area contributed by atoms with Crippen molar-refractivity contribution in [2.75, 3.05) is 0 Å². The molecule has 0 aromatic heterocycles. The van der Waals surface area contributed by atoms with Gasteiger partial charge in [-0.2, -0.15) is 15.8 Å². The van der Waals surface area contributed by atoms with E-state index in [2.05, 4.69) is 6.07 Å². The molecule has 140 valence electrons. The summed E-state index contributed by atoms with van der Waals surface area (Å²) in [6.45, 7) is 0. The van der Waals surface area contributed by atoms with Crippen LogP contribution in [0.2, 0.25) is 0 Å². The highest BCUT2D eigenvalue weighted by molar-refractivity contribution is 5.89. The van der Waals surface area contributed by atoms with Crippen molar-refractivity contribution in [2.45, 2.75) is 37.6 Å². The maximum absolute atomic E-state index is 11.2. The molecule has 0 spiro atoms. The second-order valence-electron chi connectivity index (χ2n) is 7.34. The smallest absolute Gasteiger partial charge is 0.269 e. The average molecular weight is 377 g/mol. The number of non-ortho nitro benzene ring substituents is 1. The normalized spacial score (nSPS) is 34.8. The summed E-state index contributed by atoms with van der Waals surface area (Å²) in [6, 6.07) is 11.5. The van der Waals surface area contributed by atoms with Gasteiger partial charge in [0.15, 0.2) is 5.41 Å². The zero-order chi connectivity index (χ0) is 20.2. The Morgan fingerprint density at radius 2 is 1.96 bits per heavy atom. The number of hydrogen-bond acceptors (Lipinski definition) is 8. The maximum atomic E-state index is 11.2. The summed E-state index contributed by atoms with van der Waals surface area (Å²) in [6.07, 6.45) is 1.16. The second kappa shape index (κ2) is 5.76. The third kappa shape index (κ3) is 1.88. The van der Waals surface area contributed by atoms with Gasteiger partial charge in [-0.15, -0.1) is 0 Å². The van der Waals surface area contributed by atoms with Crippen LogP contribution in [-0.4, -0.2) is 16.6 Å². The predicted molar refractivity (Wildman–Crippen MR) is 92.1 cm³/mol. The molecule has 4 atom stereocenters. The molecule has 3 fully saturated rings. The molecule has 1 saturated carbocycles. The van der Waals surface area contributed by atoms with Crippen molar-refractivity contribution in [1.29, 1.82) is 21.2 Å². The van der Waals surface area contributed by atoms with Crippen molar-refractivity contribution < 1.29 is 14.4 Å². The molecule has 2 heterocycles. The first-order valence-corrected chi connectivity index (χ1v) is 8.85. The van der Waals surface area contributed by atoms with Gasteiger partial charge in [-0.3, -0.25) is 15.5 Å². The summed E-state index contributed by atoms with van der Waals surface area (Å²) < 4.78 is 12.0. The van der Waals surface area contributed by atoms with E-state index in [-0.39, 0.29) is 11.3 Å². The molecule has 2 aliphatic heterocycles. The number of nitro benzene ring substituents is 1. The van der Waals surface area contributed by atoms with E-state index in [1.165, 1.54) is 24.3 Å². The van der Waals surface area contributed by atoms with E-state index in [1.54, 1.807) is 0 Å². The highest BCUT2D eigenvalue weighted by atomic mass is 16.7. The Labute approximate surface area is 160 Å². The van der Waals surface area contributed by atoms with Crippen LogP contribution in [0.25, 0.3) is 0 Å². The van der Waals surface area contributed by atoms with E-state index in [9.17, 15) is 25.9 Å². The van der Waals surface area contributed by atoms with Gasteiger partial charge >= 0.3 is 0 Å². The molecule has 3 aliphatic rings. The van der Waals surface area contributed by atoms with Crippen molar-refractivity contribution in [3.05, 3.63) is 39.9 Å². The van der Waals surface area contributed by atoms with E-state index in [1.807, 2.05) is 12.1 Å². The molecule has 1 aromatic rings. The topological polar surface area (TPSA) is 157 Å². The predicted octanol–water partition coefficient (Wildman–Crippen LogP) is 3.10. The zero-order valence-corrected chi connectivity index (χ0v) is 14.7. The van der Waals surface area contributed by atoms with Crippen LogP contribution in [0.3, 0.4) is 0 Å². The molecule has 0 radical (unpaired) electrons. The Balaban J connectivity index is 1.99. The van der Waals surface area contributed by atoms with Crippen LogP contribution in [0.5, 0.6) is 0 Å². The van der Waals surface area contributed by atoms with Crippen molar-refractivity contribution in [1.82, 2.24) is 0 Å². The lowest BCUT2D eigenvalue weighted by atomic mass is 9.51. The number of rotatable bonds is 2. The lowest BCUT2D eigenvalue weighted by Gasteiger charge is -2.51. The standard InChI is InChI=1S/C19H15N5O4/c20-9-17(10-21)15(12-4-3-5-13(8-12)24(25)26)27-19-7-2-1-6-14(19)18(17,11-22)16(23)28-19/h3-5,8,14-15,23H,1-2,6-7H2/t14-,15-,18+,19-/m1/s1. The minimum atomic E-state index is -2.07. The molecule has 0 amide bonds. The monoisotopic (exact) mass is 377 g/mol. The molecule has 2 bridgehead atoms. The summed E-state index contributed by atoms with van der Waals surface area (Å²) in [7, 11) is 0. The summed E-state index contributed by atoms with van der Waals surface area (Å²) in [5.74, 6) is -2.34. The lowest BCUT2D eigenvalue weighted by Crippen LogP contribution is -2.60. The van der Waals surface area contributed by atoms with E-state index in [0.717, 1.165) is 12.8 Å². The second-order valence-corrected chi connectivity index (χ2v) is 7.34. The molecule has 28 heavy (non-hydrogen) atoms. The van der Waals surface area contributed by atoms with Crippen LogP contribution in [-0.2, 0) is 9.47 Å². The van der Waals surface area contributed by atoms with Crippen LogP contribution < -0.4 is 0 Å². The summed E-state index contributed by atoms with van der Waals surface area (Å²) in [5, 5.41) is 49.9. The number of benzene rings is 1. The van der Waals surface area contributed by atoms with Crippen molar-refractivity contribution in [3.8, 4) is 18.2 Å². The molecular formula is C19H15N5O4. The fraction of sp³-hybridized carbons (Fsp3) is 0.474. The Bertz CT molecular complexity index is 1000. The summed E-state index contributed by atoms with van der Waals surface area (Å²) in [5.41, 5.74) is -3.86. The average Bonchev–Trinajstić information content (AvgIpc) is 2.92. The third-order valence-corrected chi connectivity index (χ3v) is 6.20. The van der Waals surface area contributed by atoms with E-state index in [4.69, 9.17) is 14.9 Å². The number of nitro groups is 1. The van der Waals surface area contributed by atoms with Gasteiger partial charge in [0.05, 0.1) is 29.0 Å². The Morgan fingerprint density at radius 1 is 1.21 bits per heavy atom. The first-order chi connectivity index (χ1) is 13.4. The number of nitriles is 3. The highest BCUT2D eigenvalue weighted by Gasteiger charge is 2.80. The molecule has 2 saturated heterocycles. The van der Waals surface area contributed by atoms with Crippen molar-refractivity contribution in [3.63, 3.8) is 0 Å². The molecule has 1 aromatic carbocycles. The van der Waals surface area contributed by atoms with Crippen molar-refractivity contribution in [2.24, 2.45) is 16.7 Å². The van der Waals surface area contributed by atoms with Crippen LogP contribution in [0.4, 0.5) is 5.69 Å². The van der Waals surface area contributed by atoms with Gasteiger partial charge in [0.25, 0.3) is 5.69 Å². The maximum Gasteiger partial charge on any atom is 0.269 e. The molecule has 9 nitrogen and oxygen atoms in total. The summed E-state index contributed by atoms with van der Waals surface area (Å²) in [4.78, 5) is 10.6. The third-order valence-electron chi connectivity index (χ3n) is 6.20. The van der Waals surface area contributed by atoms with Crippen LogP contribution in [0.15, 0.2) is 24.3 Å². The largest absolute Gasteiger partial charge is 0.447 e. The lowest BCUT2D eigenvalue weighted by molar-refractivity contribution is -0.385. The Morgan fingerprint density at radius 3 is 2.61 bits per heavy atom. The van der Waals surface area contributed by atoms with Gasteiger partial charge in [-0.25, -0.2) is 0 Å². The van der Waals surface area contributed by atoms with Crippen LogP contribution >= 0.6 is 0 Å². The van der Waals surface area contributed by atoms with E-state index < -0.39 is 39.5 Å². The minimum absolute atomic E-state index is 0.219. The van der Waals surface area contributed by atoms with Crippen molar-refractivity contribution >= 4 is 11.6 Å². The quantitative estimate of drug-likeness (QED) is 0.612. The fourth-order valence-corrected chi connectivity index (χ4v) is 4.96. The number of nitrogens with one attached hydrogen (secondary N) is 1. The Kier molecular flexibility index (Phi) is 3.68. The van der Waals surface area contributed by atoms with Gasteiger partial charge in [-0.1, -0.05) is 18.6 Å². The SMILES string of the molecule is N#CC1(C#N)[C@@H](c2cccc([N+](=O)[O-])c2)O[C@@]23CCCC[C@@H]2[C@@]1(C#N)C(=N)O3. The fourth-order valence-electron chi connectivity index (χ4n) is 4.96. The van der Waals surface area contributed by atoms with Gasteiger partial charge < -0.3 is 9.47 Å². The van der Waals surface area contributed by atoms with Gasteiger partial charge in [0.1, 0.15) is 6.10 Å². The molecule has 9 heteroatoms. The molecule has 0 unspecified atom stereocenters. The van der Waals surface area contributed by atoms with Gasteiger partial charge in [0.2, 0.25) is 17.1 Å². The summed E-state index contributed by atoms with van der Waals surface area (Å²) >= 11 is 0. The van der Waals surface area contributed by atoms with Gasteiger partial charge in [0, 0.05) is 18.6 Å². The minimum Gasteiger partial charge on any atom is -0.447 e. The first kappa shape index (κ1) is 17.9. The number of nitrogens with zero attached hydrogens (tertiary/aromatic N) is 4. The van der Waals surface area contributed by atoms with Crippen LogP contribution in [0, 0.1) is 66.3 Å². The molecule has 1 N–H and O–H groups in total. The van der Waals surface area contributed by atoms with E-state index in [0.29, 0.717) is 12.8 Å². The molecule has 4 rings (SSSR count).